The fraction of sp³-hybridized carbons (Fsp3) is 0.545. The van der Waals surface area contributed by atoms with Crippen molar-refractivity contribution in [1.82, 2.24) is 9.29 Å². The third-order valence-electron chi connectivity index (χ3n) is 3.09. The molecule has 102 valence electrons. The van der Waals surface area contributed by atoms with E-state index in [0.717, 1.165) is 0 Å². The van der Waals surface area contributed by atoms with Crippen LogP contribution in [0.5, 0.6) is 0 Å². The van der Waals surface area contributed by atoms with E-state index in [1.165, 1.54) is 10.5 Å². The van der Waals surface area contributed by atoms with Crippen LogP contribution in [0.25, 0.3) is 0 Å². The molecule has 0 aliphatic rings. The van der Waals surface area contributed by atoms with Gasteiger partial charge in [0.2, 0.25) is 0 Å². The lowest BCUT2D eigenvalue weighted by Crippen LogP contribution is -2.39. The lowest BCUT2D eigenvalue weighted by molar-refractivity contribution is 0.315. The van der Waals surface area contributed by atoms with E-state index in [-0.39, 0.29) is 17.0 Å². The molecule has 0 aromatic carbocycles. The molecule has 1 atom stereocenters. The average Bonchev–Trinajstić information content (AvgIpc) is 2.36. The van der Waals surface area contributed by atoms with Gasteiger partial charge in [-0.05, 0) is 25.0 Å². The third kappa shape index (κ3) is 2.80. The number of nitrogens with zero attached hydrogens (tertiary/aromatic N) is 2. The van der Waals surface area contributed by atoms with Crippen LogP contribution in [0.3, 0.4) is 0 Å². The Morgan fingerprint density at radius 3 is 2.50 bits per heavy atom. The summed E-state index contributed by atoms with van der Waals surface area (Å²) in [6.07, 6.45) is 1.43. The zero-order chi connectivity index (χ0) is 13.9. The maximum Gasteiger partial charge on any atom is 0.262 e. The normalized spacial score (nSPS) is 13.9. The molecule has 0 saturated carbocycles. The Morgan fingerprint density at radius 2 is 2.00 bits per heavy atom. The van der Waals surface area contributed by atoms with Crippen molar-refractivity contribution >= 4 is 15.7 Å². The summed E-state index contributed by atoms with van der Waals surface area (Å²) in [4.78, 5) is 3.91. The molecule has 0 spiro atoms. The zero-order valence-electron chi connectivity index (χ0n) is 11.1. The maximum atomic E-state index is 12.4. The molecule has 0 radical (unpaired) electrons. The molecule has 0 aliphatic heterocycles. The summed E-state index contributed by atoms with van der Waals surface area (Å²) in [7, 11) is -2.10. The smallest absolute Gasteiger partial charge is 0.262 e. The second-order valence-electron chi connectivity index (χ2n) is 4.51. The van der Waals surface area contributed by atoms with Gasteiger partial charge >= 0.3 is 0 Å². The lowest BCUT2D eigenvalue weighted by Gasteiger charge is -2.27. The SMILES string of the molecule is CC(C)C(C)N(C)S(=O)(=O)c1ncccc1NN. The predicted molar refractivity (Wildman–Crippen MR) is 71.3 cm³/mol. The minimum absolute atomic E-state index is 0.0532. The van der Waals surface area contributed by atoms with Crippen LogP contribution in [0, 0.1) is 5.92 Å². The van der Waals surface area contributed by atoms with Crippen molar-refractivity contribution in [3.8, 4) is 0 Å². The van der Waals surface area contributed by atoms with Crippen LogP contribution in [-0.2, 0) is 10.0 Å². The Balaban J connectivity index is 3.21. The van der Waals surface area contributed by atoms with Crippen molar-refractivity contribution < 1.29 is 8.42 Å². The van der Waals surface area contributed by atoms with Crippen molar-refractivity contribution in [2.45, 2.75) is 31.8 Å². The minimum Gasteiger partial charge on any atom is -0.321 e. The van der Waals surface area contributed by atoms with E-state index in [1.54, 1.807) is 19.2 Å². The van der Waals surface area contributed by atoms with Gasteiger partial charge in [-0.3, -0.25) is 5.84 Å². The Bertz CT molecular complexity index is 502. The summed E-state index contributed by atoms with van der Waals surface area (Å²) in [6, 6.07) is 3.08. The summed E-state index contributed by atoms with van der Waals surface area (Å²) in [5.74, 6) is 5.52. The number of nitrogens with two attached hydrogens (primary N) is 1. The molecule has 0 aliphatic carbocycles. The van der Waals surface area contributed by atoms with Crippen LogP contribution in [0.1, 0.15) is 20.8 Å². The van der Waals surface area contributed by atoms with Gasteiger partial charge in [0.15, 0.2) is 5.03 Å². The van der Waals surface area contributed by atoms with Crippen molar-refractivity contribution in [3.63, 3.8) is 0 Å². The monoisotopic (exact) mass is 272 g/mol. The summed E-state index contributed by atoms with van der Waals surface area (Å²) in [5.41, 5.74) is 2.65. The first-order valence-corrected chi connectivity index (χ1v) is 7.16. The largest absolute Gasteiger partial charge is 0.321 e. The lowest BCUT2D eigenvalue weighted by atomic mass is 10.1. The molecular formula is C11H20N4O2S. The number of nitrogen functional groups attached to an aromatic ring is 1. The molecule has 0 bridgehead atoms. The van der Waals surface area contributed by atoms with Crippen LogP contribution < -0.4 is 11.3 Å². The highest BCUT2D eigenvalue weighted by molar-refractivity contribution is 7.89. The van der Waals surface area contributed by atoms with Gasteiger partial charge in [-0.25, -0.2) is 13.4 Å². The number of hydrogen-bond acceptors (Lipinski definition) is 5. The van der Waals surface area contributed by atoms with Gasteiger partial charge in [0.1, 0.15) is 0 Å². The number of aromatic nitrogens is 1. The Kier molecular flexibility index (Phi) is 4.66. The quantitative estimate of drug-likeness (QED) is 0.617. The molecule has 0 amide bonds. The van der Waals surface area contributed by atoms with Crippen molar-refractivity contribution in [3.05, 3.63) is 18.3 Å². The maximum absolute atomic E-state index is 12.4. The number of nitrogens with one attached hydrogen (secondary N) is 1. The van der Waals surface area contributed by atoms with Crippen molar-refractivity contribution in [2.24, 2.45) is 11.8 Å². The van der Waals surface area contributed by atoms with Crippen LogP contribution in [0.4, 0.5) is 5.69 Å². The van der Waals surface area contributed by atoms with E-state index in [2.05, 4.69) is 10.4 Å². The van der Waals surface area contributed by atoms with Crippen molar-refractivity contribution in [2.75, 3.05) is 12.5 Å². The van der Waals surface area contributed by atoms with Crippen LogP contribution in [-0.4, -0.2) is 30.8 Å². The highest BCUT2D eigenvalue weighted by Crippen LogP contribution is 2.23. The summed E-state index contributed by atoms with van der Waals surface area (Å²) < 4.78 is 26.2. The van der Waals surface area contributed by atoms with Gasteiger partial charge in [0.25, 0.3) is 10.0 Å². The number of anilines is 1. The van der Waals surface area contributed by atoms with E-state index in [4.69, 9.17) is 5.84 Å². The van der Waals surface area contributed by atoms with Gasteiger partial charge in [-0.2, -0.15) is 4.31 Å². The molecule has 0 saturated heterocycles. The number of rotatable bonds is 5. The molecule has 6 nitrogen and oxygen atoms in total. The third-order valence-corrected chi connectivity index (χ3v) is 4.99. The number of hydrazine groups is 1. The summed E-state index contributed by atoms with van der Waals surface area (Å²) >= 11 is 0. The predicted octanol–water partition coefficient (Wildman–Crippen LogP) is 1.03. The Hall–Kier alpha value is -1.18. The molecule has 1 unspecified atom stereocenters. The standard InChI is InChI=1S/C11H20N4O2S/c1-8(2)9(3)15(4)18(16,17)11-10(14-12)6-5-7-13-11/h5-9,14H,12H2,1-4H3. The van der Waals surface area contributed by atoms with E-state index < -0.39 is 10.0 Å². The van der Waals surface area contributed by atoms with Gasteiger partial charge in [-0.15, -0.1) is 0 Å². The van der Waals surface area contributed by atoms with E-state index >= 15 is 0 Å². The molecular weight excluding hydrogens is 252 g/mol. The Morgan fingerprint density at radius 1 is 1.39 bits per heavy atom. The molecule has 1 aromatic heterocycles. The molecule has 7 heteroatoms. The molecule has 1 aromatic rings. The average molecular weight is 272 g/mol. The molecule has 18 heavy (non-hydrogen) atoms. The van der Waals surface area contributed by atoms with Crippen molar-refractivity contribution in [1.29, 1.82) is 0 Å². The molecule has 1 rings (SSSR count). The first kappa shape index (κ1) is 14.9. The first-order valence-electron chi connectivity index (χ1n) is 5.72. The zero-order valence-corrected chi connectivity index (χ0v) is 11.9. The van der Waals surface area contributed by atoms with Crippen LogP contribution in [0.15, 0.2) is 23.4 Å². The topological polar surface area (TPSA) is 88.3 Å². The van der Waals surface area contributed by atoms with Gasteiger partial charge in [0, 0.05) is 19.3 Å². The minimum atomic E-state index is -3.65. The fourth-order valence-corrected chi connectivity index (χ4v) is 3.03. The van der Waals surface area contributed by atoms with E-state index in [9.17, 15) is 8.42 Å². The second kappa shape index (κ2) is 5.64. The molecule has 0 fully saturated rings. The van der Waals surface area contributed by atoms with Crippen LogP contribution in [0.2, 0.25) is 0 Å². The van der Waals surface area contributed by atoms with E-state index in [1.807, 2.05) is 20.8 Å². The second-order valence-corrected chi connectivity index (χ2v) is 6.42. The number of pyridine rings is 1. The Labute approximate surface area is 108 Å². The number of hydrogen-bond donors (Lipinski definition) is 2. The summed E-state index contributed by atoms with van der Waals surface area (Å²) in [6.45, 7) is 5.80. The van der Waals surface area contributed by atoms with E-state index in [0.29, 0.717) is 5.69 Å². The van der Waals surface area contributed by atoms with Crippen LogP contribution >= 0.6 is 0 Å². The van der Waals surface area contributed by atoms with Gasteiger partial charge < -0.3 is 5.43 Å². The highest BCUT2D eigenvalue weighted by Gasteiger charge is 2.30. The van der Waals surface area contributed by atoms with Gasteiger partial charge in [-0.1, -0.05) is 13.8 Å². The van der Waals surface area contributed by atoms with Gasteiger partial charge in [0.05, 0.1) is 5.69 Å². The first-order chi connectivity index (χ1) is 8.32. The highest BCUT2D eigenvalue weighted by atomic mass is 32.2. The fourth-order valence-electron chi connectivity index (χ4n) is 1.48. The molecule has 3 N–H and O–H groups in total. The summed E-state index contributed by atoms with van der Waals surface area (Å²) in [5, 5.41) is -0.0532. The number of sulfonamides is 1. The molecule has 1 heterocycles.